The number of rotatable bonds is 4. The van der Waals surface area contributed by atoms with E-state index >= 15 is 0 Å². The highest BCUT2D eigenvalue weighted by Crippen LogP contribution is 2.33. The van der Waals surface area contributed by atoms with E-state index < -0.39 is 36.3 Å². The van der Waals surface area contributed by atoms with Gasteiger partial charge in [-0.1, -0.05) is 6.07 Å². The maximum atomic E-state index is 13.1. The molecule has 0 bridgehead atoms. The van der Waals surface area contributed by atoms with Crippen LogP contribution in [0.1, 0.15) is 17.2 Å². The summed E-state index contributed by atoms with van der Waals surface area (Å²) in [7, 11) is 0. The van der Waals surface area contributed by atoms with Crippen LogP contribution in [-0.4, -0.2) is 19.3 Å². The molecule has 114 valence electrons. The predicted octanol–water partition coefficient (Wildman–Crippen LogP) is 3.00. The summed E-state index contributed by atoms with van der Waals surface area (Å²) in [6.07, 6.45) is -9.45. The van der Waals surface area contributed by atoms with Gasteiger partial charge in [0.2, 0.25) is 0 Å². The summed E-state index contributed by atoms with van der Waals surface area (Å²) in [5, 5.41) is 1.98. The topological polar surface area (TPSA) is 38.0 Å². The molecular formula is C11H11F7N2. The third-order valence-electron chi connectivity index (χ3n) is 2.48. The second-order valence-corrected chi connectivity index (χ2v) is 4.02. The zero-order valence-electron chi connectivity index (χ0n) is 9.95. The summed E-state index contributed by atoms with van der Waals surface area (Å²) < 4.78 is 86.7. The summed E-state index contributed by atoms with van der Waals surface area (Å²) >= 11 is 0. The summed E-state index contributed by atoms with van der Waals surface area (Å²) in [5.41, 5.74) is 3.53. The van der Waals surface area contributed by atoms with Gasteiger partial charge in [0.1, 0.15) is 5.82 Å². The Morgan fingerprint density at radius 1 is 1.10 bits per heavy atom. The van der Waals surface area contributed by atoms with E-state index in [2.05, 4.69) is 0 Å². The largest absolute Gasteiger partial charge is 0.419 e. The quantitative estimate of drug-likeness (QED) is 0.839. The molecule has 0 aliphatic rings. The molecule has 0 heterocycles. The van der Waals surface area contributed by atoms with E-state index in [1.165, 1.54) is 0 Å². The fourth-order valence-electron chi connectivity index (χ4n) is 1.55. The van der Waals surface area contributed by atoms with Gasteiger partial charge in [0.05, 0.1) is 12.1 Å². The fourth-order valence-corrected chi connectivity index (χ4v) is 1.55. The Labute approximate surface area is 109 Å². The number of benzene rings is 1. The summed E-state index contributed by atoms with van der Waals surface area (Å²) in [6.45, 7) is -1.77. The second kappa shape index (κ2) is 5.96. The van der Waals surface area contributed by atoms with Crippen molar-refractivity contribution in [2.75, 3.05) is 13.1 Å². The van der Waals surface area contributed by atoms with Crippen molar-refractivity contribution in [3.8, 4) is 0 Å². The van der Waals surface area contributed by atoms with Gasteiger partial charge in [-0.2, -0.15) is 26.3 Å². The summed E-state index contributed by atoms with van der Waals surface area (Å²) in [5.74, 6) is -1.49. The molecule has 0 spiro atoms. The van der Waals surface area contributed by atoms with Crippen LogP contribution in [0.15, 0.2) is 18.2 Å². The van der Waals surface area contributed by atoms with Gasteiger partial charge in [-0.05, 0) is 17.7 Å². The number of hydrogen-bond donors (Lipinski definition) is 2. The smallest absolute Gasteiger partial charge is 0.329 e. The molecule has 1 atom stereocenters. The highest BCUT2D eigenvalue weighted by Gasteiger charge is 2.35. The summed E-state index contributed by atoms with van der Waals surface area (Å²) in [6, 6.07) is 0.816. The van der Waals surface area contributed by atoms with Crippen LogP contribution in [0.4, 0.5) is 30.7 Å². The molecule has 0 aliphatic heterocycles. The van der Waals surface area contributed by atoms with Crippen molar-refractivity contribution in [2.45, 2.75) is 18.4 Å². The fraction of sp³-hybridized carbons (Fsp3) is 0.455. The van der Waals surface area contributed by atoms with Gasteiger partial charge in [0.15, 0.2) is 0 Å². The van der Waals surface area contributed by atoms with Crippen LogP contribution in [0.3, 0.4) is 0 Å². The zero-order valence-corrected chi connectivity index (χ0v) is 9.95. The van der Waals surface area contributed by atoms with Crippen LogP contribution in [-0.2, 0) is 6.18 Å². The Bertz CT molecular complexity index is 453. The SMILES string of the molecule is NCC(NCC(F)(F)F)c1ccc(F)c(C(F)(F)F)c1. The molecule has 0 aliphatic carbocycles. The summed E-state index contributed by atoms with van der Waals surface area (Å²) in [4.78, 5) is 0. The third-order valence-corrected chi connectivity index (χ3v) is 2.48. The Kier molecular flexibility index (Phi) is 4.98. The first-order valence-corrected chi connectivity index (χ1v) is 5.41. The Morgan fingerprint density at radius 3 is 2.15 bits per heavy atom. The molecule has 0 aromatic heterocycles. The van der Waals surface area contributed by atoms with Crippen molar-refractivity contribution in [1.82, 2.24) is 5.32 Å². The van der Waals surface area contributed by atoms with Crippen LogP contribution in [0.5, 0.6) is 0 Å². The zero-order chi connectivity index (χ0) is 15.6. The first-order chi connectivity index (χ1) is 9.04. The normalized spacial score (nSPS) is 14.4. The van der Waals surface area contributed by atoms with Crippen LogP contribution in [0.2, 0.25) is 0 Å². The molecule has 0 saturated heterocycles. The Hall–Kier alpha value is -1.35. The van der Waals surface area contributed by atoms with Gasteiger partial charge in [-0.3, -0.25) is 0 Å². The lowest BCUT2D eigenvalue weighted by atomic mass is 10.0. The van der Waals surface area contributed by atoms with E-state index in [4.69, 9.17) is 5.73 Å². The van der Waals surface area contributed by atoms with E-state index in [1.807, 2.05) is 5.32 Å². The predicted molar refractivity (Wildman–Crippen MR) is 57.3 cm³/mol. The van der Waals surface area contributed by atoms with Gasteiger partial charge in [0, 0.05) is 12.6 Å². The van der Waals surface area contributed by atoms with Crippen molar-refractivity contribution in [2.24, 2.45) is 5.73 Å². The third kappa shape index (κ3) is 4.64. The monoisotopic (exact) mass is 304 g/mol. The van der Waals surface area contributed by atoms with E-state index in [0.717, 1.165) is 6.07 Å². The van der Waals surface area contributed by atoms with Crippen molar-refractivity contribution < 1.29 is 30.7 Å². The molecule has 1 aromatic carbocycles. The number of nitrogens with two attached hydrogens (primary N) is 1. The molecule has 1 aromatic rings. The maximum absolute atomic E-state index is 13.1. The van der Waals surface area contributed by atoms with E-state index in [9.17, 15) is 30.7 Å². The number of nitrogens with one attached hydrogen (secondary N) is 1. The standard InChI is InChI=1S/C11H11F7N2/c12-8-2-1-6(3-7(8)11(16,17)18)9(4-19)20-5-10(13,14)15/h1-3,9,20H,4-5,19H2. The van der Waals surface area contributed by atoms with Gasteiger partial charge in [-0.15, -0.1) is 0 Å². The molecule has 0 fully saturated rings. The molecule has 2 nitrogen and oxygen atoms in total. The molecule has 0 amide bonds. The molecule has 0 saturated carbocycles. The van der Waals surface area contributed by atoms with Gasteiger partial charge >= 0.3 is 12.4 Å². The van der Waals surface area contributed by atoms with Crippen molar-refractivity contribution in [3.05, 3.63) is 35.1 Å². The maximum Gasteiger partial charge on any atom is 0.419 e. The van der Waals surface area contributed by atoms with E-state index in [1.54, 1.807) is 0 Å². The molecular weight excluding hydrogens is 293 g/mol. The lowest BCUT2D eigenvalue weighted by molar-refractivity contribution is -0.140. The van der Waals surface area contributed by atoms with Gasteiger partial charge < -0.3 is 11.1 Å². The Morgan fingerprint density at radius 2 is 1.70 bits per heavy atom. The van der Waals surface area contributed by atoms with Crippen LogP contribution in [0, 0.1) is 5.82 Å². The average Bonchev–Trinajstić information content (AvgIpc) is 2.28. The molecule has 3 N–H and O–H groups in total. The lowest BCUT2D eigenvalue weighted by Crippen LogP contribution is -2.35. The number of halogens is 7. The highest BCUT2D eigenvalue weighted by molar-refractivity contribution is 5.29. The minimum Gasteiger partial charge on any atom is -0.329 e. The van der Waals surface area contributed by atoms with Gasteiger partial charge in [0.25, 0.3) is 0 Å². The van der Waals surface area contributed by atoms with E-state index in [0.29, 0.717) is 12.1 Å². The van der Waals surface area contributed by atoms with Gasteiger partial charge in [-0.25, -0.2) is 4.39 Å². The number of hydrogen-bond acceptors (Lipinski definition) is 2. The molecule has 1 rings (SSSR count). The van der Waals surface area contributed by atoms with Crippen LogP contribution >= 0.6 is 0 Å². The number of alkyl halides is 6. The van der Waals surface area contributed by atoms with Crippen LogP contribution < -0.4 is 11.1 Å². The molecule has 1 unspecified atom stereocenters. The van der Waals surface area contributed by atoms with Crippen LogP contribution in [0.25, 0.3) is 0 Å². The average molecular weight is 304 g/mol. The van der Waals surface area contributed by atoms with E-state index in [-0.39, 0.29) is 12.1 Å². The molecule has 9 heteroatoms. The molecule has 20 heavy (non-hydrogen) atoms. The minimum atomic E-state index is -4.93. The Balaban J connectivity index is 2.99. The first-order valence-electron chi connectivity index (χ1n) is 5.41. The van der Waals surface area contributed by atoms with Crippen molar-refractivity contribution >= 4 is 0 Å². The highest BCUT2D eigenvalue weighted by atomic mass is 19.4. The minimum absolute atomic E-state index is 0.162. The van der Waals surface area contributed by atoms with Crippen molar-refractivity contribution in [1.29, 1.82) is 0 Å². The second-order valence-electron chi connectivity index (χ2n) is 4.02. The first kappa shape index (κ1) is 16.7. The lowest BCUT2D eigenvalue weighted by Gasteiger charge is -2.20. The van der Waals surface area contributed by atoms with Crippen molar-refractivity contribution in [3.63, 3.8) is 0 Å². The molecule has 0 radical (unpaired) electrons.